The van der Waals surface area contributed by atoms with Gasteiger partial charge in [0.1, 0.15) is 5.60 Å². The lowest BCUT2D eigenvalue weighted by Gasteiger charge is -2.25. The molecule has 2 N–H and O–H groups in total. The third kappa shape index (κ3) is 6.62. The van der Waals surface area contributed by atoms with Crippen LogP contribution in [0.1, 0.15) is 55.7 Å². The van der Waals surface area contributed by atoms with Gasteiger partial charge in [-0.05, 0) is 70.6 Å². The van der Waals surface area contributed by atoms with Gasteiger partial charge in [-0.1, -0.05) is 29.3 Å². The van der Waals surface area contributed by atoms with E-state index in [1.807, 2.05) is 38.4 Å². The minimum Gasteiger partial charge on any atom is -0.444 e. The zero-order chi connectivity index (χ0) is 23.5. The van der Waals surface area contributed by atoms with Crippen LogP contribution in [0.3, 0.4) is 0 Å². The van der Waals surface area contributed by atoms with E-state index < -0.39 is 11.7 Å². The molecule has 2 unspecified atom stereocenters. The molecule has 0 saturated heterocycles. The molecule has 0 saturated carbocycles. The van der Waals surface area contributed by atoms with E-state index in [0.717, 1.165) is 17.7 Å². The molecule has 1 aromatic heterocycles. The van der Waals surface area contributed by atoms with Crippen molar-refractivity contribution in [2.24, 2.45) is 5.92 Å². The lowest BCUT2D eigenvalue weighted by atomic mass is 9.94. The minimum absolute atomic E-state index is 0.120. The first-order valence-corrected chi connectivity index (χ1v) is 11.5. The van der Waals surface area contributed by atoms with Gasteiger partial charge < -0.3 is 15.4 Å². The second-order valence-electron chi connectivity index (χ2n) is 9.28. The molecule has 174 valence electrons. The molecule has 0 bridgehead atoms. The van der Waals surface area contributed by atoms with Gasteiger partial charge in [-0.25, -0.2) is 4.79 Å². The minimum atomic E-state index is -0.534. The molecule has 2 amide bonds. The summed E-state index contributed by atoms with van der Waals surface area (Å²) in [6, 6.07) is 5.24. The standard InChI is InChI=1S/C23H30Cl2N4O3/c1-14(9-16-5-6-17(24)11-19(16)25)28-21(30)18-13-27-29-8-7-15(10-20(18)29)12-26-22(31)32-23(2,3)4/h5-6,11,13-15H,7-10,12H2,1-4H3,(H,26,31)(H,28,30). The summed E-state index contributed by atoms with van der Waals surface area (Å²) in [5, 5.41) is 11.4. The van der Waals surface area contributed by atoms with Crippen LogP contribution < -0.4 is 10.6 Å². The Hall–Kier alpha value is -2.25. The van der Waals surface area contributed by atoms with E-state index in [4.69, 9.17) is 27.9 Å². The summed E-state index contributed by atoms with van der Waals surface area (Å²) < 4.78 is 7.18. The molecule has 9 heteroatoms. The second-order valence-corrected chi connectivity index (χ2v) is 10.1. The first kappa shape index (κ1) is 24.4. The molecule has 2 heterocycles. The van der Waals surface area contributed by atoms with Crippen molar-refractivity contribution in [2.45, 2.75) is 65.1 Å². The van der Waals surface area contributed by atoms with Gasteiger partial charge in [-0.3, -0.25) is 9.48 Å². The number of nitrogens with zero attached hydrogens (tertiary/aromatic N) is 2. The van der Waals surface area contributed by atoms with Gasteiger partial charge in [-0.2, -0.15) is 5.10 Å². The molecule has 0 radical (unpaired) electrons. The van der Waals surface area contributed by atoms with Crippen LogP contribution in [0, 0.1) is 5.92 Å². The molecule has 0 fully saturated rings. The van der Waals surface area contributed by atoms with Crippen molar-refractivity contribution in [3.05, 3.63) is 51.3 Å². The molecule has 0 spiro atoms. The summed E-state index contributed by atoms with van der Waals surface area (Å²) in [4.78, 5) is 24.9. The highest BCUT2D eigenvalue weighted by Gasteiger charge is 2.27. The lowest BCUT2D eigenvalue weighted by Crippen LogP contribution is -2.38. The maximum Gasteiger partial charge on any atom is 0.407 e. The molecule has 2 atom stereocenters. The Kier molecular flexibility index (Phi) is 7.72. The third-order valence-electron chi connectivity index (χ3n) is 5.28. The predicted molar refractivity (Wildman–Crippen MR) is 125 cm³/mol. The van der Waals surface area contributed by atoms with Gasteiger partial charge >= 0.3 is 6.09 Å². The van der Waals surface area contributed by atoms with Gasteiger partial charge in [0.05, 0.1) is 17.5 Å². The van der Waals surface area contributed by atoms with Gasteiger partial charge in [0.15, 0.2) is 0 Å². The number of halogens is 2. The molecule has 1 aliphatic heterocycles. The van der Waals surface area contributed by atoms with Crippen molar-refractivity contribution in [1.82, 2.24) is 20.4 Å². The molecule has 32 heavy (non-hydrogen) atoms. The van der Waals surface area contributed by atoms with Crippen LogP contribution in [-0.2, 0) is 24.1 Å². The molecule has 0 aliphatic carbocycles. The summed E-state index contributed by atoms with van der Waals surface area (Å²) in [7, 11) is 0. The monoisotopic (exact) mass is 480 g/mol. The van der Waals surface area contributed by atoms with Gasteiger partial charge in [-0.15, -0.1) is 0 Å². The highest BCUT2D eigenvalue weighted by Crippen LogP contribution is 2.24. The lowest BCUT2D eigenvalue weighted by molar-refractivity contribution is 0.0516. The van der Waals surface area contributed by atoms with E-state index in [9.17, 15) is 9.59 Å². The van der Waals surface area contributed by atoms with Crippen LogP contribution in [-0.4, -0.2) is 40.0 Å². The highest BCUT2D eigenvalue weighted by atomic mass is 35.5. The molecule has 1 aliphatic rings. The number of aromatic nitrogens is 2. The summed E-state index contributed by atoms with van der Waals surface area (Å²) in [5.41, 5.74) is 1.85. The van der Waals surface area contributed by atoms with E-state index in [2.05, 4.69) is 15.7 Å². The number of nitrogens with one attached hydrogen (secondary N) is 2. The SMILES string of the molecule is CC(Cc1ccc(Cl)cc1Cl)NC(=O)c1cnn2c1CC(CNC(=O)OC(C)(C)C)CC2. The topological polar surface area (TPSA) is 85.3 Å². The Labute approximate surface area is 198 Å². The first-order valence-electron chi connectivity index (χ1n) is 10.8. The summed E-state index contributed by atoms with van der Waals surface area (Å²) >= 11 is 12.2. The molecular formula is C23H30Cl2N4O3. The second kappa shape index (κ2) is 10.1. The van der Waals surface area contributed by atoms with Gasteiger partial charge in [0.2, 0.25) is 0 Å². The van der Waals surface area contributed by atoms with E-state index in [0.29, 0.717) is 41.5 Å². The third-order valence-corrected chi connectivity index (χ3v) is 5.86. The Balaban J connectivity index is 1.58. The number of alkyl carbamates (subject to hydrolysis) is 1. The maximum atomic E-state index is 12.9. The fourth-order valence-electron chi connectivity index (χ4n) is 3.77. The Bertz CT molecular complexity index is 984. The van der Waals surface area contributed by atoms with Crippen LogP contribution >= 0.6 is 23.2 Å². The average Bonchev–Trinajstić information content (AvgIpc) is 3.10. The fourth-order valence-corrected chi connectivity index (χ4v) is 4.26. The number of aryl methyl sites for hydroxylation is 1. The number of hydrogen-bond donors (Lipinski definition) is 2. The number of amides is 2. The van der Waals surface area contributed by atoms with Crippen LogP contribution in [0.15, 0.2) is 24.4 Å². The number of hydrogen-bond acceptors (Lipinski definition) is 4. The molecule has 1 aromatic carbocycles. The molecular weight excluding hydrogens is 451 g/mol. The summed E-state index contributed by atoms with van der Waals surface area (Å²) in [6.07, 6.45) is 3.32. The number of carbonyl (C=O) groups excluding carboxylic acids is 2. The van der Waals surface area contributed by atoms with Gasteiger partial charge in [0.25, 0.3) is 5.91 Å². The van der Waals surface area contributed by atoms with Crippen LogP contribution in [0.25, 0.3) is 0 Å². The van der Waals surface area contributed by atoms with E-state index in [1.165, 1.54) is 0 Å². The van der Waals surface area contributed by atoms with E-state index in [-0.39, 0.29) is 17.9 Å². The summed E-state index contributed by atoms with van der Waals surface area (Å²) in [6.45, 7) is 8.63. The molecule has 2 aromatic rings. The zero-order valence-electron chi connectivity index (χ0n) is 18.9. The Morgan fingerprint density at radius 1 is 1.31 bits per heavy atom. The zero-order valence-corrected chi connectivity index (χ0v) is 20.4. The molecule has 7 nitrogen and oxygen atoms in total. The van der Waals surface area contributed by atoms with Crippen molar-refractivity contribution in [3.63, 3.8) is 0 Å². The Morgan fingerprint density at radius 2 is 2.06 bits per heavy atom. The quantitative estimate of drug-likeness (QED) is 0.630. The van der Waals surface area contributed by atoms with E-state index >= 15 is 0 Å². The number of fused-ring (bicyclic) bond motifs is 1. The number of benzene rings is 1. The number of rotatable bonds is 6. The van der Waals surface area contributed by atoms with Crippen molar-refractivity contribution < 1.29 is 14.3 Å². The normalized spacial score (nSPS) is 16.8. The average molecular weight is 481 g/mol. The maximum absolute atomic E-state index is 12.9. The smallest absolute Gasteiger partial charge is 0.407 e. The van der Waals surface area contributed by atoms with Crippen molar-refractivity contribution >= 4 is 35.2 Å². The van der Waals surface area contributed by atoms with Crippen molar-refractivity contribution in [3.8, 4) is 0 Å². The van der Waals surface area contributed by atoms with Crippen molar-refractivity contribution in [2.75, 3.05) is 6.54 Å². The Morgan fingerprint density at radius 3 is 2.75 bits per heavy atom. The largest absolute Gasteiger partial charge is 0.444 e. The van der Waals surface area contributed by atoms with E-state index in [1.54, 1.807) is 18.3 Å². The van der Waals surface area contributed by atoms with Crippen molar-refractivity contribution in [1.29, 1.82) is 0 Å². The first-order chi connectivity index (χ1) is 15.0. The number of carbonyl (C=O) groups is 2. The predicted octanol–water partition coefficient (Wildman–Crippen LogP) is 4.64. The molecule has 3 rings (SSSR count). The summed E-state index contributed by atoms with van der Waals surface area (Å²) in [5.74, 6) is 0.0492. The number of ether oxygens (including phenoxy) is 1. The fraction of sp³-hybridized carbons (Fsp3) is 0.522. The van der Waals surface area contributed by atoms with Crippen LogP contribution in [0.2, 0.25) is 10.0 Å². The highest BCUT2D eigenvalue weighted by molar-refractivity contribution is 6.35. The van der Waals surface area contributed by atoms with Crippen LogP contribution in [0.4, 0.5) is 4.79 Å². The van der Waals surface area contributed by atoms with Gasteiger partial charge in [0, 0.05) is 29.2 Å². The van der Waals surface area contributed by atoms with Crippen LogP contribution in [0.5, 0.6) is 0 Å².